The van der Waals surface area contributed by atoms with Crippen LogP contribution in [0, 0.1) is 0 Å². The summed E-state index contributed by atoms with van der Waals surface area (Å²) in [5.74, 6) is 0.819. The Morgan fingerprint density at radius 2 is 1.95 bits per heavy atom. The van der Waals surface area contributed by atoms with E-state index in [4.69, 9.17) is 10.5 Å². The lowest BCUT2D eigenvalue weighted by Crippen LogP contribution is -2.21. The predicted molar refractivity (Wildman–Crippen MR) is 78.6 cm³/mol. The van der Waals surface area contributed by atoms with Gasteiger partial charge in [-0.15, -0.1) is 0 Å². The fourth-order valence-electron chi connectivity index (χ4n) is 1.95. The Labute approximate surface area is 113 Å². The summed E-state index contributed by atoms with van der Waals surface area (Å²) in [6.45, 7) is 0.890. The van der Waals surface area contributed by atoms with Crippen LogP contribution in [0.5, 0.6) is 5.75 Å². The second kappa shape index (κ2) is 6.09. The number of nitrogens with zero attached hydrogens (tertiary/aromatic N) is 2. The maximum Gasteiger partial charge on any atom is 0.121 e. The van der Waals surface area contributed by atoms with Crippen LogP contribution < -0.4 is 15.4 Å². The second-order valence-electron chi connectivity index (χ2n) is 4.45. The third-order valence-electron chi connectivity index (χ3n) is 3.13. The zero-order chi connectivity index (χ0) is 13.7. The van der Waals surface area contributed by atoms with E-state index in [1.807, 2.05) is 49.8 Å². The summed E-state index contributed by atoms with van der Waals surface area (Å²) in [6, 6.07) is 9.76. The minimum absolute atomic E-state index is 0.762. The molecule has 1 aromatic heterocycles. The number of rotatable bonds is 5. The fourth-order valence-corrected chi connectivity index (χ4v) is 1.95. The van der Waals surface area contributed by atoms with Gasteiger partial charge >= 0.3 is 0 Å². The van der Waals surface area contributed by atoms with E-state index >= 15 is 0 Å². The van der Waals surface area contributed by atoms with Gasteiger partial charge in [0.25, 0.3) is 0 Å². The van der Waals surface area contributed by atoms with Crippen molar-refractivity contribution in [1.82, 2.24) is 4.98 Å². The molecule has 1 aromatic carbocycles. The van der Waals surface area contributed by atoms with Gasteiger partial charge in [-0.2, -0.15) is 0 Å². The van der Waals surface area contributed by atoms with Gasteiger partial charge in [0.15, 0.2) is 0 Å². The van der Waals surface area contributed by atoms with Crippen molar-refractivity contribution in [3.8, 4) is 5.75 Å². The van der Waals surface area contributed by atoms with E-state index in [2.05, 4.69) is 9.88 Å². The standard InChI is InChI=1S/C15H19N3O/c1-18(10-7-12-5-8-17-9-6-12)15-11-13(19-2)3-4-14(15)16/h3-6,8-9,11H,7,10,16H2,1-2H3. The molecule has 0 aliphatic carbocycles. The normalized spacial score (nSPS) is 10.2. The third kappa shape index (κ3) is 3.37. The lowest BCUT2D eigenvalue weighted by Gasteiger charge is -2.21. The number of hydrogen-bond acceptors (Lipinski definition) is 4. The molecule has 0 atom stereocenters. The maximum atomic E-state index is 6.01. The molecule has 19 heavy (non-hydrogen) atoms. The minimum atomic E-state index is 0.762. The van der Waals surface area contributed by atoms with Crippen molar-refractivity contribution in [2.45, 2.75) is 6.42 Å². The minimum Gasteiger partial charge on any atom is -0.497 e. The molecule has 100 valence electrons. The number of likely N-dealkylation sites (N-methyl/N-ethyl adjacent to an activating group) is 1. The Hall–Kier alpha value is -2.23. The third-order valence-corrected chi connectivity index (χ3v) is 3.13. The summed E-state index contributed by atoms with van der Waals surface area (Å²) in [5, 5.41) is 0. The molecule has 0 unspecified atom stereocenters. The molecule has 0 saturated carbocycles. The van der Waals surface area contributed by atoms with E-state index in [0.29, 0.717) is 0 Å². The summed E-state index contributed by atoms with van der Waals surface area (Å²) in [5.41, 5.74) is 9.03. The van der Waals surface area contributed by atoms with Gasteiger partial charge in [-0.25, -0.2) is 0 Å². The zero-order valence-corrected chi connectivity index (χ0v) is 11.3. The quantitative estimate of drug-likeness (QED) is 0.835. The van der Waals surface area contributed by atoms with E-state index < -0.39 is 0 Å². The molecule has 0 fully saturated rings. The van der Waals surface area contributed by atoms with Crippen LogP contribution in [0.25, 0.3) is 0 Å². The van der Waals surface area contributed by atoms with Crippen LogP contribution in [-0.4, -0.2) is 25.7 Å². The van der Waals surface area contributed by atoms with Gasteiger partial charge in [-0.3, -0.25) is 4.98 Å². The average molecular weight is 257 g/mol. The van der Waals surface area contributed by atoms with Gasteiger partial charge in [0, 0.05) is 32.1 Å². The second-order valence-corrected chi connectivity index (χ2v) is 4.45. The number of aromatic nitrogens is 1. The van der Waals surface area contributed by atoms with Crippen LogP contribution in [-0.2, 0) is 6.42 Å². The number of nitrogens with two attached hydrogens (primary N) is 1. The van der Waals surface area contributed by atoms with Crippen LogP contribution in [0.15, 0.2) is 42.7 Å². The molecule has 0 saturated heterocycles. The maximum absolute atomic E-state index is 6.01. The molecule has 0 bridgehead atoms. The van der Waals surface area contributed by atoms with Crippen LogP contribution in [0.3, 0.4) is 0 Å². The van der Waals surface area contributed by atoms with Gasteiger partial charge in [0.05, 0.1) is 18.5 Å². The van der Waals surface area contributed by atoms with Crippen molar-refractivity contribution >= 4 is 11.4 Å². The zero-order valence-electron chi connectivity index (χ0n) is 11.3. The summed E-state index contributed by atoms with van der Waals surface area (Å²) in [6.07, 6.45) is 4.58. The summed E-state index contributed by atoms with van der Waals surface area (Å²) in [7, 11) is 3.69. The molecule has 0 aliphatic heterocycles. The summed E-state index contributed by atoms with van der Waals surface area (Å²) < 4.78 is 5.23. The molecule has 2 aromatic rings. The highest BCUT2D eigenvalue weighted by Gasteiger charge is 2.07. The Bertz CT molecular complexity index is 528. The SMILES string of the molecule is COc1ccc(N)c(N(C)CCc2ccncc2)c1. The van der Waals surface area contributed by atoms with Crippen molar-refractivity contribution in [3.05, 3.63) is 48.3 Å². The molecule has 0 radical (unpaired) electrons. The van der Waals surface area contributed by atoms with Gasteiger partial charge in [0.2, 0.25) is 0 Å². The largest absolute Gasteiger partial charge is 0.497 e. The van der Waals surface area contributed by atoms with E-state index in [1.165, 1.54) is 5.56 Å². The number of anilines is 2. The van der Waals surface area contributed by atoms with E-state index in [1.54, 1.807) is 7.11 Å². The molecule has 1 heterocycles. The molecular weight excluding hydrogens is 238 g/mol. The first-order chi connectivity index (χ1) is 9.20. The molecule has 0 aliphatic rings. The molecule has 4 nitrogen and oxygen atoms in total. The van der Waals surface area contributed by atoms with Crippen molar-refractivity contribution in [1.29, 1.82) is 0 Å². The van der Waals surface area contributed by atoms with E-state index in [9.17, 15) is 0 Å². The molecule has 2 rings (SSSR count). The van der Waals surface area contributed by atoms with Crippen LogP contribution in [0.4, 0.5) is 11.4 Å². The molecule has 2 N–H and O–H groups in total. The summed E-state index contributed by atoms with van der Waals surface area (Å²) in [4.78, 5) is 6.15. The van der Waals surface area contributed by atoms with Crippen molar-refractivity contribution < 1.29 is 4.74 Å². The first-order valence-corrected chi connectivity index (χ1v) is 6.24. The van der Waals surface area contributed by atoms with Gasteiger partial charge in [-0.1, -0.05) is 0 Å². The number of benzene rings is 1. The number of ether oxygens (including phenoxy) is 1. The highest BCUT2D eigenvalue weighted by Crippen LogP contribution is 2.27. The predicted octanol–water partition coefficient (Wildman–Crippen LogP) is 2.35. The van der Waals surface area contributed by atoms with Gasteiger partial charge < -0.3 is 15.4 Å². The van der Waals surface area contributed by atoms with Crippen molar-refractivity contribution in [2.75, 3.05) is 31.3 Å². The number of pyridine rings is 1. The van der Waals surface area contributed by atoms with E-state index in [-0.39, 0.29) is 0 Å². The number of nitrogen functional groups attached to an aromatic ring is 1. The summed E-state index contributed by atoms with van der Waals surface area (Å²) >= 11 is 0. The molecular formula is C15H19N3O. The first kappa shape index (κ1) is 13.2. The smallest absolute Gasteiger partial charge is 0.121 e. The molecule has 0 amide bonds. The highest BCUT2D eigenvalue weighted by atomic mass is 16.5. The Kier molecular flexibility index (Phi) is 4.23. The van der Waals surface area contributed by atoms with Crippen LogP contribution in [0.2, 0.25) is 0 Å². The Morgan fingerprint density at radius 3 is 2.63 bits per heavy atom. The Morgan fingerprint density at radius 1 is 1.21 bits per heavy atom. The average Bonchev–Trinajstić information content (AvgIpc) is 2.46. The topological polar surface area (TPSA) is 51.4 Å². The fraction of sp³-hybridized carbons (Fsp3) is 0.267. The lowest BCUT2D eigenvalue weighted by molar-refractivity contribution is 0.415. The first-order valence-electron chi connectivity index (χ1n) is 6.24. The lowest BCUT2D eigenvalue weighted by atomic mass is 10.2. The van der Waals surface area contributed by atoms with E-state index in [0.717, 1.165) is 30.1 Å². The Balaban J connectivity index is 2.05. The van der Waals surface area contributed by atoms with Gasteiger partial charge in [-0.05, 0) is 36.2 Å². The van der Waals surface area contributed by atoms with Crippen molar-refractivity contribution in [3.63, 3.8) is 0 Å². The van der Waals surface area contributed by atoms with Crippen LogP contribution >= 0.6 is 0 Å². The molecule has 0 spiro atoms. The van der Waals surface area contributed by atoms with Crippen LogP contribution in [0.1, 0.15) is 5.56 Å². The molecule has 4 heteroatoms. The highest BCUT2D eigenvalue weighted by molar-refractivity contribution is 5.69. The van der Waals surface area contributed by atoms with Crippen molar-refractivity contribution in [2.24, 2.45) is 0 Å². The number of methoxy groups -OCH3 is 1. The number of hydrogen-bond donors (Lipinski definition) is 1. The monoisotopic (exact) mass is 257 g/mol. The van der Waals surface area contributed by atoms with Gasteiger partial charge in [0.1, 0.15) is 5.75 Å².